The van der Waals surface area contributed by atoms with E-state index < -0.39 is 0 Å². The monoisotopic (exact) mass is 323 g/mol. The van der Waals surface area contributed by atoms with Crippen LogP contribution in [0.4, 0.5) is 10.1 Å². The van der Waals surface area contributed by atoms with E-state index in [0.29, 0.717) is 6.54 Å². The Morgan fingerprint density at radius 1 is 1.16 bits per heavy atom. The van der Waals surface area contributed by atoms with Crippen molar-refractivity contribution in [2.45, 2.75) is 6.54 Å². The number of ether oxygens (including phenoxy) is 2. The van der Waals surface area contributed by atoms with Gasteiger partial charge in [0.1, 0.15) is 5.82 Å². The van der Waals surface area contributed by atoms with Gasteiger partial charge in [-0.2, -0.15) is 0 Å². The number of benzene rings is 2. The minimum Gasteiger partial charge on any atom is -0.454 e. The molecule has 0 saturated carbocycles. The molecule has 0 spiro atoms. The van der Waals surface area contributed by atoms with Crippen LogP contribution in [0.1, 0.15) is 5.56 Å². The van der Waals surface area contributed by atoms with Crippen molar-refractivity contribution in [3.05, 3.63) is 52.3 Å². The summed E-state index contributed by atoms with van der Waals surface area (Å²) in [4.78, 5) is 0. The Hall–Kier alpha value is -1.75. The molecule has 1 aliphatic heterocycles. The summed E-state index contributed by atoms with van der Waals surface area (Å²) in [5, 5.41) is 3.22. The predicted molar refractivity (Wildman–Crippen MR) is 74.0 cm³/mol. The van der Waals surface area contributed by atoms with E-state index in [4.69, 9.17) is 9.47 Å². The largest absolute Gasteiger partial charge is 0.454 e. The Bertz CT molecular complexity index is 601. The summed E-state index contributed by atoms with van der Waals surface area (Å²) in [6.45, 7) is 0.879. The maximum Gasteiger partial charge on any atom is 0.231 e. The van der Waals surface area contributed by atoms with E-state index in [1.165, 1.54) is 12.1 Å². The standard InChI is InChI=1S/C14H11BrFNO2/c15-12-5-9(6-13-14(12)19-8-18-13)7-17-11-3-1-10(16)2-4-11/h1-6,17H,7-8H2. The smallest absolute Gasteiger partial charge is 0.231 e. The average Bonchev–Trinajstić information content (AvgIpc) is 2.87. The van der Waals surface area contributed by atoms with E-state index in [0.717, 1.165) is 27.2 Å². The first-order valence-electron chi connectivity index (χ1n) is 5.80. The first kappa shape index (κ1) is 12.3. The summed E-state index contributed by atoms with van der Waals surface area (Å²) in [6, 6.07) is 10.2. The summed E-state index contributed by atoms with van der Waals surface area (Å²) < 4.78 is 24.3. The van der Waals surface area contributed by atoms with Crippen LogP contribution in [-0.2, 0) is 6.54 Å². The Labute approximate surface area is 118 Å². The highest BCUT2D eigenvalue weighted by atomic mass is 79.9. The second kappa shape index (κ2) is 5.09. The van der Waals surface area contributed by atoms with Crippen LogP contribution in [0.15, 0.2) is 40.9 Å². The van der Waals surface area contributed by atoms with Crippen molar-refractivity contribution in [2.24, 2.45) is 0 Å². The molecule has 1 aliphatic rings. The zero-order valence-electron chi connectivity index (χ0n) is 9.95. The van der Waals surface area contributed by atoms with Gasteiger partial charge in [-0.15, -0.1) is 0 Å². The van der Waals surface area contributed by atoms with E-state index in [-0.39, 0.29) is 12.6 Å². The molecule has 98 valence electrons. The number of fused-ring (bicyclic) bond motifs is 1. The molecule has 3 rings (SSSR count). The number of hydrogen-bond acceptors (Lipinski definition) is 3. The third kappa shape index (κ3) is 2.66. The van der Waals surface area contributed by atoms with Crippen molar-refractivity contribution in [3.63, 3.8) is 0 Å². The molecule has 0 unspecified atom stereocenters. The van der Waals surface area contributed by atoms with Crippen molar-refractivity contribution in [1.29, 1.82) is 0 Å². The summed E-state index contributed by atoms with van der Waals surface area (Å²) in [5.74, 6) is 1.24. The molecule has 5 heteroatoms. The highest BCUT2D eigenvalue weighted by Gasteiger charge is 2.17. The molecule has 2 aromatic carbocycles. The Kier molecular flexibility index (Phi) is 3.29. The third-order valence-corrected chi connectivity index (χ3v) is 3.42. The maximum absolute atomic E-state index is 12.8. The van der Waals surface area contributed by atoms with Crippen molar-refractivity contribution < 1.29 is 13.9 Å². The number of nitrogens with one attached hydrogen (secondary N) is 1. The lowest BCUT2D eigenvalue weighted by Gasteiger charge is -2.08. The van der Waals surface area contributed by atoms with Gasteiger partial charge in [0.05, 0.1) is 4.47 Å². The summed E-state index contributed by atoms with van der Waals surface area (Å²) in [6.07, 6.45) is 0. The van der Waals surface area contributed by atoms with Gasteiger partial charge in [0.15, 0.2) is 11.5 Å². The minimum atomic E-state index is -0.239. The average molecular weight is 324 g/mol. The van der Waals surface area contributed by atoms with Crippen molar-refractivity contribution in [1.82, 2.24) is 0 Å². The van der Waals surface area contributed by atoms with E-state index in [2.05, 4.69) is 21.2 Å². The van der Waals surface area contributed by atoms with Gasteiger partial charge in [-0.3, -0.25) is 0 Å². The van der Waals surface area contributed by atoms with Crippen LogP contribution in [0.25, 0.3) is 0 Å². The predicted octanol–water partition coefficient (Wildman–Crippen LogP) is 3.93. The van der Waals surface area contributed by atoms with Crippen LogP contribution in [0.5, 0.6) is 11.5 Å². The van der Waals surface area contributed by atoms with Gasteiger partial charge in [0, 0.05) is 12.2 Å². The number of hydrogen-bond donors (Lipinski definition) is 1. The highest BCUT2D eigenvalue weighted by molar-refractivity contribution is 9.10. The summed E-state index contributed by atoms with van der Waals surface area (Å²) >= 11 is 3.45. The molecule has 1 heterocycles. The van der Waals surface area contributed by atoms with Crippen LogP contribution in [0, 0.1) is 5.82 Å². The molecule has 3 nitrogen and oxygen atoms in total. The summed E-state index contributed by atoms with van der Waals surface area (Å²) in [5.41, 5.74) is 1.93. The Morgan fingerprint density at radius 2 is 1.95 bits per heavy atom. The van der Waals surface area contributed by atoms with Crippen LogP contribution in [0.3, 0.4) is 0 Å². The van der Waals surface area contributed by atoms with Crippen LogP contribution >= 0.6 is 15.9 Å². The van der Waals surface area contributed by atoms with Crippen LogP contribution in [-0.4, -0.2) is 6.79 Å². The van der Waals surface area contributed by atoms with Gasteiger partial charge in [-0.05, 0) is 57.9 Å². The molecule has 2 aromatic rings. The minimum absolute atomic E-state index is 0.239. The molecule has 1 N–H and O–H groups in total. The number of rotatable bonds is 3. The molecule has 0 aliphatic carbocycles. The fraction of sp³-hybridized carbons (Fsp3) is 0.143. The van der Waals surface area contributed by atoms with Gasteiger partial charge in [0.2, 0.25) is 6.79 Å². The van der Waals surface area contributed by atoms with Crippen LogP contribution < -0.4 is 14.8 Å². The first-order chi connectivity index (χ1) is 9.22. The van der Waals surface area contributed by atoms with E-state index in [1.807, 2.05) is 12.1 Å². The molecule has 0 atom stereocenters. The zero-order chi connectivity index (χ0) is 13.2. The lowest BCUT2D eigenvalue weighted by molar-refractivity contribution is 0.173. The van der Waals surface area contributed by atoms with Crippen LogP contribution in [0.2, 0.25) is 0 Å². The molecule has 0 bridgehead atoms. The van der Waals surface area contributed by atoms with E-state index >= 15 is 0 Å². The fourth-order valence-corrected chi connectivity index (χ4v) is 2.50. The fourth-order valence-electron chi connectivity index (χ4n) is 1.89. The van der Waals surface area contributed by atoms with Gasteiger partial charge in [0.25, 0.3) is 0 Å². The Balaban J connectivity index is 1.73. The maximum atomic E-state index is 12.8. The summed E-state index contributed by atoms with van der Waals surface area (Å²) in [7, 11) is 0. The third-order valence-electron chi connectivity index (χ3n) is 2.83. The second-order valence-corrected chi connectivity index (χ2v) is 5.03. The topological polar surface area (TPSA) is 30.5 Å². The van der Waals surface area contributed by atoms with Crippen molar-refractivity contribution in [3.8, 4) is 11.5 Å². The van der Waals surface area contributed by atoms with Crippen molar-refractivity contribution in [2.75, 3.05) is 12.1 Å². The van der Waals surface area contributed by atoms with Gasteiger partial charge in [-0.1, -0.05) is 0 Å². The number of halogens is 2. The lowest BCUT2D eigenvalue weighted by atomic mass is 10.2. The second-order valence-electron chi connectivity index (χ2n) is 4.17. The molecule has 0 amide bonds. The zero-order valence-corrected chi connectivity index (χ0v) is 11.5. The SMILES string of the molecule is Fc1ccc(NCc2cc(Br)c3c(c2)OCO3)cc1. The first-order valence-corrected chi connectivity index (χ1v) is 6.59. The lowest BCUT2D eigenvalue weighted by Crippen LogP contribution is -1.99. The highest BCUT2D eigenvalue weighted by Crippen LogP contribution is 2.40. The molecular weight excluding hydrogens is 313 g/mol. The number of anilines is 1. The molecule has 0 aromatic heterocycles. The van der Waals surface area contributed by atoms with E-state index in [1.54, 1.807) is 12.1 Å². The van der Waals surface area contributed by atoms with Gasteiger partial charge >= 0.3 is 0 Å². The Morgan fingerprint density at radius 3 is 2.74 bits per heavy atom. The van der Waals surface area contributed by atoms with Crippen molar-refractivity contribution >= 4 is 21.6 Å². The quantitative estimate of drug-likeness (QED) is 0.928. The molecule has 19 heavy (non-hydrogen) atoms. The normalized spacial score (nSPS) is 12.5. The van der Waals surface area contributed by atoms with E-state index in [9.17, 15) is 4.39 Å². The molecule has 0 fully saturated rings. The molecule has 0 radical (unpaired) electrons. The molecule has 0 saturated heterocycles. The van der Waals surface area contributed by atoms with Gasteiger partial charge in [-0.25, -0.2) is 4.39 Å². The van der Waals surface area contributed by atoms with Gasteiger partial charge < -0.3 is 14.8 Å². The molecular formula is C14H11BrFNO2.